The molecule has 0 unspecified atom stereocenters. The molecule has 0 saturated carbocycles. The smallest absolute Gasteiger partial charge is 0.157 e. The zero-order valence-electron chi connectivity index (χ0n) is 13.1. The molecule has 0 radical (unpaired) electrons. The average molecular weight is 322 g/mol. The number of rotatable bonds is 3. The number of benzene rings is 3. The Labute approximate surface area is 139 Å². The molecule has 0 aromatic heterocycles. The number of aromatic hydroxyl groups is 4. The molecule has 24 heavy (non-hydrogen) atoms. The summed E-state index contributed by atoms with van der Waals surface area (Å²) in [5, 5.41) is 38.7. The largest absolute Gasteiger partial charge is 0.508 e. The zero-order valence-corrected chi connectivity index (χ0v) is 13.1. The van der Waals surface area contributed by atoms with Crippen molar-refractivity contribution in [1.29, 1.82) is 0 Å². The van der Waals surface area contributed by atoms with Crippen LogP contribution in [0.3, 0.4) is 0 Å². The first-order valence-electron chi connectivity index (χ1n) is 7.53. The first kappa shape index (κ1) is 15.7. The first-order chi connectivity index (χ1) is 11.4. The van der Waals surface area contributed by atoms with Gasteiger partial charge in [-0.3, -0.25) is 0 Å². The van der Waals surface area contributed by atoms with Gasteiger partial charge >= 0.3 is 0 Å². The maximum Gasteiger partial charge on any atom is 0.157 e. The van der Waals surface area contributed by atoms with Crippen molar-refractivity contribution in [3.05, 3.63) is 83.4 Å². The molecular weight excluding hydrogens is 304 g/mol. The predicted molar refractivity (Wildman–Crippen MR) is 91.5 cm³/mol. The number of phenols is 4. The van der Waals surface area contributed by atoms with E-state index in [0.717, 1.165) is 16.7 Å². The molecule has 4 heteroatoms. The highest BCUT2D eigenvalue weighted by Crippen LogP contribution is 2.42. The highest BCUT2D eigenvalue weighted by atomic mass is 16.3. The van der Waals surface area contributed by atoms with Crippen LogP contribution < -0.4 is 0 Å². The second-order valence-electron chi connectivity index (χ2n) is 5.92. The third-order valence-electron chi connectivity index (χ3n) is 4.44. The molecule has 3 aromatic rings. The summed E-state index contributed by atoms with van der Waals surface area (Å²) < 4.78 is 0. The number of hydrogen-bond acceptors (Lipinski definition) is 4. The SMILES string of the molecule is CC(c1ccc(O)cc1)(c1ccc(O)cc1)c1ccc(O)c(O)c1. The van der Waals surface area contributed by atoms with E-state index in [1.807, 2.05) is 31.2 Å². The number of phenolic OH excluding ortho intramolecular Hbond substituents is 4. The minimum Gasteiger partial charge on any atom is -0.508 e. The van der Waals surface area contributed by atoms with Gasteiger partial charge < -0.3 is 20.4 Å². The van der Waals surface area contributed by atoms with Gasteiger partial charge in [-0.15, -0.1) is 0 Å². The molecule has 4 N–H and O–H groups in total. The summed E-state index contributed by atoms with van der Waals surface area (Å²) in [5.74, 6) is -0.0467. The van der Waals surface area contributed by atoms with Gasteiger partial charge in [-0.25, -0.2) is 0 Å². The van der Waals surface area contributed by atoms with Gasteiger partial charge in [-0.1, -0.05) is 30.3 Å². The summed E-state index contributed by atoms with van der Waals surface area (Å²) in [4.78, 5) is 0. The second kappa shape index (κ2) is 5.81. The van der Waals surface area contributed by atoms with E-state index in [-0.39, 0.29) is 23.0 Å². The van der Waals surface area contributed by atoms with Crippen LogP contribution in [0.2, 0.25) is 0 Å². The van der Waals surface area contributed by atoms with Crippen LogP contribution in [-0.4, -0.2) is 20.4 Å². The predicted octanol–water partition coefficient (Wildman–Crippen LogP) is 3.86. The van der Waals surface area contributed by atoms with Gasteiger partial charge in [0.15, 0.2) is 11.5 Å². The van der Waals surface area contributed by atoms with E-state index in [4.69, 9.17) is 0 Å². The standard InChI is InChI=1S/C20H18O4/c1-20(13-2-7-16(21)8-3-13,14-4-9-17(22)10-5-14)15-6-11-18(23)19(24)12-15/h2-12,21-24H,1H3. The van der Waals surface area contributed by atoms with Gasteiger partial charge in [0.2, 0.25) is 0 Å². The van der Waals surface area contributed by atoms with E-state index in [2.05, 4.69) is 0 Å². The van der Waals surface area contributed by atoms with E-state index in [1.165, 1.54) is 12.1 Å². The first-order valence-corrected chi connectivity index (χ1v) is 7.53. The van der Waals surface area contributed by atoms with Gasteiger partial charge in [0.1, 0.15) is 11.5 Å². The Hall–Kier alpha value is -3.14. The fourth-order valence-corrected chi connectivity index (χ4v) is 2.92. The van der Waals surface area contributed by atoms with Gasteiger partial charge in [0.05, 0.1) is 0 Å². The molecule has 0 fully saturated rings. The summed E-state index contributed by atoms with van der Waals surface area (Å²) >= 11 is 0. The molecule has 0 spiro atoms. The summed E-state index contributed by atoms with van der Waals surface area (Å²) in [7, 11) is 0. The van der Waals surface area contributed by atoms with Crippen molar-refractivity contribution in [1.82, 2.24) is 0 Å². The molecule has 0 atom stereocenters. The Kier molecular flexibility index (Phi) is 3.81. The number of hydrogen-bond donors (Lipinski definition) is 4. The molecular formula is C20H18O4. The van der Waals surface area contributed by atoms with Crippen molar-refractivity contribution in [2.75, 3.05) is 0 Å². The van der Waals surface area contributed by atoms with Crippen molar-refractivity contribution in [3.8, 4) is 23.0 Å². The monoisotopic (exact) mass is 322 g/mol. The molecule has 0 amide bonds. The maximum absolute atomic E-state index is 9.92. The lowest BCUT2D eigenvalue weighted by atomic mass is 9.71. The van der Waals surface area contributed by atoms with Crippen molar-refractivity contribution in [2.24, 2.45) is 0 Å². The normalized spacial score (nSPS) is 11.4. The summed E-state index contributed by atoms with van der Waals surface area (Å²) in [6.07, 6.45) is 0. The lowest BCUT2D eigenvalue weighted by Crippen LogP contribution is -2.25. The summed E-state index contributed by atoms with van der Waals surface area (Å²) in [6, 6.07) is 18.4. The molecule has 0 aliphatic carbocycles. The van der Waals surface area contributed by atoms with Gasteiger partial charge in [-0.05, 0) is 60.0 Å². The van der Waals surface area contributed by atoms with Crippen molar-refractivity contribution in [3.63, 3.8) is 0 Å². The fraction of sp³-hybridized carbons (Fsp3) is 0.100. The van der Waals surface area contributed by atoms with Crippen LogP contribution in [0.25, 0.3) is 0 Å². The van der Waals surface area contributed by atoms with Crippen molar-refractivity contribution < 1.29 is 20.4 Å². The molecule has 3 rings (SSSR count). The van der Waals surface area contributed by atoms with Gasteiger partial charge in [0, 0.05) is 5.41 Å². The maximum atomic E-state index is 9.92. The molecule has 0 saturated heterocycles. The van der Waals surface area contributed by atoms with E-state index < -0.39 is 5.41 Å². The Bertz CT molecular complexity index is 806. The molecule has 122 valence electrons. The van der Waals surface area contributed by atoms with Crippen LogP contribution in [0.4, 0.5) is 0 Å². The van der Waals surface area contributed by atoms with Crippen LogP contribution in [0.1, 0.15) is 23.6 Å². The van der Waals surface area contributed by atoms with Crippen LogP contribution in [-0.2, 0) is 5.41 Å². The highest BCUT2D eigenvalue weighted by molar-refractivity contribution is 5.54. The minimum absolute atomic E-state index is 0.167. The summed E-state index contributed by atoms with van der Waals surface area (Å²) in [5.41, 5.74) is 1.92. The molecule has 4 nitrogen and oxygen atoms in total. The Morgan fingerprint density at radius 2 is 0.958 bits per heavy atom. The van der Waals surface area contributed by atoms with Gasteiger partial charge in [0.25, 0.3) is 0 Å². The molecule has 3 aromatic carbocycles. The quantitative estimate of drug-likeness (QED) is 0.436. The van der Waals surface area contributed by atoms with Crippen molar-refractivity contribution >= 4 is 0 Å². The van der Waals surface area contributed by atoms with Crippen LogP contribution in [0, 0.1) is 0 Å². The molecule has 0 aliphatic heterocycles. The average Bonchev–Trinajstić information content (AvgIpc) is 2.58. The Balaban J connectivity index is 2.25. The van der Waals surface area contributed by atoms with Crippen LogP contribution >= 0.6 is 0 Å². The molecule has 0 heterocycles. The highest BCUT2D eigenvalue weighted by Gasteiger charge is 2.32. The lowest BCUT2D eigenvalue weighted by Gasteiger charge is -2.32. The lowest BCUT2D eigenvalue weighted by molar-refractivity contribution is 0.402. The van der Waals surface area contributed by atoms with E-state index in [1.54, 1.807) is 30.3 Å². The van der Waals surface area contributed by atoms with E-state index >= 15 is 0 Å². The Morgan fingerprint density at radius 3 is 1.38 bits per heavy atom. The van der Waals surface area contributed by atoms with E-state index in [9.17, 15) is 20.4 Å². The summed E-state index contributed by atoms with van der Waals surface area (Å²) in [6.45, 7) is 1.98. The fourth-order valence-electron chi connectivity index (χ4n) is 2.92. The van der Waals surface area contributed by atoms with Gasteiger partial charge in [-0.2, -0.15) is 0 Å². The zero-order chi connectivity index (χ0) is 17.3. The van der Waals surface area contributed by atoms with Crippen molar-refractivity contribution in [2.45, 2.75) is 12.3 Å². The minimum atomic E-state index is -0.646. The second-order valence-corrected chi connectivity index (χ2v) is 5.92. The molecule has 0 bridgehead atoms. The topological polar surface area (TPSA) is 80.9 Å². The van der Waals surface area contributed by atoms with Crippen LogP contribution in [0.5, 0.6) is 23.0 Å². The van der Waals surface area contributed by atoms with E-state index in [0.29, 0.717) is 0 Å². The van der Waals surface area contributed by atoms with Crippen LogP contribution in [0.15, 0.2) is 66.7 Å². The third-order valence-corrected chi connectivity index (χ3v) is 4.44. The Morgan fingerprint density at radius 1 is 0.542 bits per heavy atom. The third kappa shape index (κ3) is 2.63. The molecule has 0 aliphatic rings.